The summed E-state index contributed by atoms with van der Waals surface area (Å²) in [4.78, 5) is 12.8. The Hall–Kier alpha value is -3.01. The van der Waals surface area contributed by atoms with E-state index in [1.165, 1.54) is 0 Å². The van der Waals surface area contributed by atoms with Crippen molar-refractivity contribution in [1.82, 2.24) is 0 Å². The minimum atomic E-state index is -0.0649. The van der Waals surface area contributed by atoms with E-state index in [-0.39, 0.29) is 5.43 Å². The molecule has 3 aromatic carbocycles. The molecule has 0 atom stereocenters. The zero-order valence-corrected chi connectivity index (χ0v) is 12.8. The van der Waals surface area contributed by atoms with E-state index in [2.05, 4.69) is 0 Å². The van der Waals surface area contributed by atoms with Gasteiger partial charge >= 0.3 is 0 Å². The average Bonchev–Trinajstić information content (AvgIpc) is 2.60. The molecule has 1 heterocycles. The van der Waals surface area contributed by atoms with Crippen LogP contribution in [-0.4, -0.2) is 14.2 Å². The van der Waals surface area contributed by atoms with E-state index in [0.29, 0.717) is 27.7 Å². The number of benzene rings is 3. The maximum atomic E-state index is 12.8. The predicted octanol–water partition coefficient (Wildman–Crippen LogP) is 4.12. The predicted molar refractivity (Wildman–Crippen MR) is 90.6 cm³/mol. The van der Waals surface area contributed by atoms with Crippen LogP contribution < -0.4 is 14.9 Å². The normalized spacial score (nSPS) is 11.2. The third kappa shape index (κ3) is 2.11. The lowest BCUT2D eigenvalue weighted by molar-refractivity contribution is 0.415. The quantitative estimate of drug-likeness (QED) is 0.523. The van der Waals surface area contributed by atoms with Gasteiger partial charge in [0, 0.05) is 0 Å². The number of rotatable bonds is 2. The maximum absolute atomic E-state index is 12.8. The standard InChI is InChI=1S/C19H14O4/c1-21-13-4-3-11-9-18-15(8-12(11)7-13)19(20)16-10-14(22-2)5-6-17(16)23-18/h3-10H,1-2H3. The molecule has 0 aliphatic carbocycles. The number of hydrogen-bond donors (Lipinski definition) is 0. The van der Waals surface area contributed by atoms with Gasteiger partial charge in [-0.3, -0.25) is 4.79 Å². The number of ether oxygens (including phenoxy) is 2. The Morgan fingerprint density at radius 1 is 0.739 bits per heavy atom. The summed E-state index contributed by atoms with van der Waals surface area (Å²) in [6, 6.07) is 14.7. The third-order valence-electron chi connectivity index (χ3n) is 4.04. The van der Waals surface area contributed by atoms with Crippen molar-refractivity contribution in [3.8, 4) is 11.5 Å². The van der Waals surface area contributed by atoms with Crippen molar-refractivity contribution in [2.24, 2.45) is 0 Å². The highest BCUT2D eigenvalue weighted by molar-refractivity contribution is 5.99. The first kappa shape index (κ1) is 13.6. The van der Waals surface area contributed by atoms with Gasteiger partial charge in [0.25, 0.3) is 0 Å². The molecule has 0 bridgehead atoms. The summed E-state index contributed by atoms with van der Waals surface area (Å²) < 4.78 is 16.3. The summed E-state index contributed by atoms with van der Waals surface area (Å²) >= 11 is 0. The van der Waals surface area contributed by atoms with Gasteiger partial charge in [-0.2, -0.15) is 0 Å². The van der Waals surface area contributed by atoms with Crippen LogP contribution in [0, 0.1) is 0 Å². The van der Waals surface area contributed by atoms with Crippen molar-refractivity contribution < 1.29 is 13.9 Å². The second-order valence-electron chi connectivity index (χ2n) is 5.35. The van der Waals surface area contributed by atoms with E-state index in [4.69, 9.17) is 13.9 Å². The average molecular weight is 306 g/mol. The fourth-order valence-corrected chi connectivity index (χ4v) is 2.81. The smallest absolute Gasteiger partial charge is 0.200 e. The van der Waals surface area contributed by atoms with Crippen molar-refractivity contribution in [3.05, 3.63) is 58.8 Å². The highest BCUT2D eigenvalue weighted by Crippen LogP contribution is 2.28. The lowest BCUT2D eigenvalue weighted by atomic mass is 10.1. The van der Waals surface area contributed by atoms with Crippen molar-refractivity contribution in [2.75, 3.05) is 14.2 Å². The Morgan fingerprint density at radius 2 is 1.43 bits per heavy atom. The second-order valence-corrected chi connectivity index (χ2v) is 5.35. The molecule has 0 fully saturated rings. The lowest BCUT2D eigenvalue weighted by Gasteiger charge is -2.06. The highest BCUT2D eigenvalue weighted by Gasteiger charge is 2.10. The van der Waals surface area contributed by atoms with Gasteiger partial charge in [-0.1, -0.05) is 6.07 Å². The molecule has 23 heavy (non-hydrogen) atoms. The van der Waals surface area contributed by atoms with Crippen LogP contribution in [0.3, 0.4) is 0 Å². The Kier molecular flexibility index (Phi) is 2.98. The molecular formula is C19H14O4. The van der Waals surface area contributed by atoms with E-state index < -0.39 is 0 Å². The largest absolute Gasteiger partial charge is 0.497 e. The molecule has 0 radical (unpaired) electrons. The first-order valence-electron chi connectivity index (χ1n) is 7.22. The molecule has 4 aromatic rings. The molecule has 114 valence electrons. The Bertz CT molecular complexity index is 1100. The molecule has 0 saturated carbocycles. The summed E-state index contributed by atoms with van der Waals surface area (Å²) in [5.41, 5.74) is 1.06. The monoisotopic (exact) mass is 306 g/mol. The lowest BCUT2D eigenvalue weighted by Crippen LogP contribution is -2.02. The number of hydrogen-bond acceptors (Lipinski definition) is 4. The minimum absolute atomic E-state index is 0.0649. The van der Waals surface area contributed by atoms with Gasteiger partial charge < -0.3 is 13.9 Å². The second kappa shape index (κ2) is 5.02. The Morgan fingerprint density at radius 3 is 2.22 bits per heavy atom. The molecule has 1 aromatic heterocycles. The SMILES string of the molecule is COc1ccc2cc3oc4ccc(OC)cc4c(=O)c3cc2c1. The van der Waals surface area contributed by atoms with Crippen molar-refractivity contribution >= 4 is 32.7 Å². The molecule has 4 heteroatoms. The highest BCUT2D eigenvalue weighted by atomic mass is 16.5. The third-order valence-corrected chi connectivity index (χ3v) is 4.04. The van der Waals surface area contributed by atoms with Gasteiger partial charge in [-0.15, -0.1) is 0 Å². The van der Waals surface area contributed by atoms with Crippen molar-refractivity contribution in [2.45, 2.75) is 0 Å². The molecule has 0 saturated heterocycles. The molecular weight excluding hydrogens is 292 g/mol. The van der Waals surface area contributed by atoms with Gasteiger partial charge in [-0.25, -0.2) is 0 Å². The molecule has 4 rings (SSSR count). The Labute approximate surface area is 131 Å². The zero-order valence-electron chi connectivity index (χ0n) is 12.8. The molecule has 0 N–H and O–H groups in total. The van der Waals surface area contributed by atoms with Gasteiger partial charge in [0.2, 0.25) is 5.43 Å². The summed E-state index contributed by atoms with van der Waals surface area (Å²) in [6.45, 7) is 0. The van der Waals surface area contributed by atoms with Crippen molar-refractivity contribution in [1.29, 1.82) is 0 Å². The number of fused-ring (bicyclic) bond motifs is 3. The molecule has 0 spiro atoms. The molecule has 0 aliphatic rings. The van der Waals surface area contributed by atoms with Crippen LogP contribution in [0.25, 0.3) is 32.7 Å². The van der Waals surface area contributed by atoms with Gasteiger partial charge in [-0.05, 0) is 53.2 Å². The summed E-state index contributed by atoms with van der Waals surface area (Å²) in [6.07, 6.45) is 0. The fraction of sp³-hybridized carbons (Fsp3) is 0.105. The van der Waals surface area contributed by atoms with Crippen LogP contribution in [0.15, 0.2) is 57.7 Å². The van der Waals surface area contributed by atoms with Crippen LogP contribution in [-0.2, 0) is 0 Å². The first-order chi connectivity index (χ1) is 11.2. The van der Waals surface area contributed by atoms with E-state index in [1.54, 1.807) is 32.4 Å². The minimum Gasteiger partial charge on any atom is -0.497 e. The molecule has 0 amide bonds. The molecule has 4 nitrogen and oxygen atoms in total. The first-order valence-corrected chi connectivity index (χ1v) is 7.22. The number of methoxy groups -OCH3 is 2. The Balaban J connectivity index is 2.12. The summed E-state index contributed by atoms with van der Waals surface area (Å²) in [5.74, 6) is 1.38. The van der Waals surface area contributed by atoms with Crippen LogP contribution in [0.4, 0.5) is 0 Å². The van der Waals surface area contributed by atoms with Crippen molar-refractivity contribution in [3.63, 3.8) is 0 Å². The van der Waals surface area contributed by atoms with Gasteiger partial charge in [0.05, 0.1) is 25.0 Å². The van der Waals surface area contributed by atoms with Gasteiger partial charge in [0.1, 0.15) is 22.7 Å². The molecule has 0 aliphatic heterocycles. The topological polar surface area (TPSA) is 48.7 Å². The zero-order chi connectivity index (χ0) is 16.0. The summed E-state index contributed by atoms with van der Waals surface area (Å²) in [5, 5.41) is 2.99. The van der Waals surface area contributed by atoms with Crippen LogP contribution >= 0.6 is 0 Å². The van der Waals surface area contributed by atoms with Crippen LogP contribution in [0.1, 0.15) is 0 Å². The van der Waals surface area contributed by atoms with Crippen LogP contribution in [0.5, 0.6) is 11.5 Å². The van der Waals surface area contributed by atoms with Gasteiger partial charge in [0.15, 0.2) is 0 Å². The maximum Gasteiger partial charge on any atom is 0.200 e. The van der Waals surface area contributed by atoms with E-state index in [9.17, 15) is 4.79 Å². The fourth-order valence-electron chi connectivity index (χ4n) is 2.81. The van der Waals surface area contributed by atoms with E-state index >= 15 is 0 Å². The summed E-state index contributed by atoms with van der Waals surface area (Å²) in [7, 11) is 3.19. The van der Waals surface area contributed by atoms with Crippen LogP contribution in [0.2, 0.25) is 0 Å². The van der Waals surface area contributed by atoms with E-state index in [1.807, 2.05) is 30.3 Å². The molecule has 0 unspecified atom stereocenters. The van der Waals surface area contributed by atoms with E-state index in [0.717, 1.165) is 16.5 Å².